The Bertz CT molecular complexity index is 161. The van der Waals surface area contributed by atoms with E-state index in [1.807, 2.05) is 0 Å². The molecule has 1 heteroatoms. The van der Waals surface area contributed by atoms with Crippen molar-refractivity contribution in [2.45, 2.75) is 52.4 Å². The number of hydrogen-bond acceptors (Lipinski definition) is 1. The van der Waals surface area contributed by atoms with Crippen LogP contribution in [0.5, 0.6) is 0 Å². The van der Waals surface area contributed by atoms with Crippen molar-refractivity contribution in [1.82, 2.24) is 0 Å². The van der Waals surface area contributed by atoms with Crippen molar-refractivity contribution in [1.29, 1.82) is 0 Å². The van der Waals surface area contributed by atoms with E-state index in [1.54, 1.807) is 4.91 Å². The summed E-state index contributed by atoms with van der Waals surface area (Å²) in [7, 11) is 0. The van der Waals surface area contributed by atoms with Crippen LogP contribution in [0.4, 0.5) is 0 Å². The lowest BCUT2D eigenvalue weighted by Gasteiger charge is -2.14. The van der Waals surface area contributed by atoms with E-state index in [1.165, 1.54) is 44.3 Å². The van der Waals surface area contributed by atoms with Gasteiger partial charge >= 0.3 is 0 Å². The third-order valence-corrected chi connectivity index (χ3v) is 3.95. The topological polar surface area (TPSA) is 0 Å². The first kappa shape index (κ1) is 11.2. The zero-order valence-corrected chi connectivity index (χ0v) is 9.83. The quantitative estimate of drug-likeness (QED) is 0.600. The average molecular weight is 198 g/mol. The van der Waals surface area contributed by atoms with Gasteiger partial charge in [-0.3, -0.25) is 0 Å². The van der Waals surface area contributed by atoms with Gasteiger partial charge in [-0.1, -0.05) is 45.6 Å². The van der Waals surface area contributed by atoms with Crippen molar-refractivity contribution < 1.29 is 0 Å². The number of rotatable bonds is 6. The highest BCUT2D eigenvalue weighted by Gasteiger charge is 2.11. The Labute approximate surface area is 87.2 Å². The lowest BCUT2D eigenvalue weighted by atomic mass is 9.95. The molecule has 0 aromatic rings. The van der Waals surface area contributed by atoms with Crippen LogP contribution >= 0.6 is 11.8 Å². The van der Waals surface area contributed by atoms with Crippen LogP contribution in [0.3, 0.4) is 0 Å². The van der Waals surface area contributed by atoms with Gasteiger partial charge in [-0.2, -0.15) is 0 Å². The van der Waals surface area contributed by atoms with E-state index in [0.29, 0.717) is 0 Å². The molecule has 1 heterocycles. The molecule has 0 N–H and O–H groups in total. The van der Waals surface area contributed by atoms with Gasteiger partial charge in [0, 0.05) is 5.75 Å². The smallest absolute Gasteiger partial charge is 0.00117 e. The summed E-state index contributed by atoms with van der Waals surface area (Å²) in [6.45, 7) is 4.62. The molecule has 76 valence electrons. The van der Waals surface area contributed by atoms with Gasteiger partial charge in [0.25, 0.3) is 0 Å². The number of unbranched alkanes of at least 4 members (excludes halogenated alkanes) is 1. The molecule has 0 saturated carbocycles. The molecular formula is C12H22S. The molecule has 1 rings (SSSR count). The normalized spacial score (nSPS) is 18.8. The Morgan fingerprint density at radius 3 is 2.85 bits per heavy atom. The lowest BCUT2D eigenvalue weighted by Crippen LogP contribution is -1.98. The maximum Gasteiger partial charge on any atom is 0.00117 e. The molecule has 0 aliphatic carbocycles. The Morgan fingerprint density at radius 2 is 2.31 bits per heavy atom. The maximum absolute atomic E-state index is 2.44. The monoisotopic (exact) mass is 198 g/mol. The molecule has 0 aromatic heterocycles. The first-order chi connectivity index (χ1) is 6.36. The second-order valence-corrected chi connectivity index (χ2v) is 5.15. The van der Waals surface area contributed by atoms with Crippen molar-refractivity contribution in [2.75, 3.05) is 5.75 Å². The molecule has 1 aliphatic rings. The molecule has 0 aromatic carbocycles. The van der Waals surface area contributed by atoms with Crippen LogP contribution in [0.2, 0.25) is 0 Å². The molecule has 0 radical (unpaired) electrons. The number of allylic oxidation sites excluding steroid dienone is 2. The largest absolute Gasteiger partial charge is 0.131 e. The molecule has 0 bridgehead atoms. The van der Waals surface area contributed by atoms with Crippen LogP contribution in [0.25, 0.3) is 0 Å². The van der Waals surface area contributed by atoms with Crippen LogP contribution in [-0.2, 0) is 0 Å². The van der Waals surface area contributed by atoms with E-state index in [2.05, 4.69) is 31.7 Å². The number of hydrogen-bond donors (Lipinski definition) is 0. The first-order valence-corrected chi connectivity index (χ1v) is 6.67. The van der Waals surface area contributed by atoms with Gasteiger partial charge < -0.3 is 0 Å². The fourth-order valence-electron chi connectivity index (χ4n) is 1.84. The molecule has 1 atom stereocenters. The highest BCUT2D eigenvalue weighted by atomic mass is 32.2. The summed E-state index contributed by atoms with van der Waals surface area (Å²) in [4.78, 5) is 1.67. The fourth-order valence-corrected chi connectivity index (χ4v) is 2.93. The summed E-state index contributed by atoms with van der Waals surface area (Å²) in [5.41, 5.74) is 0. The average Bonchev–Trinajstić information content (AvgIpc) is 2.64. The zero-order valence-electron chi connectivity index (χ0n) is 9.01. The molecule has 1 unspecified atom stereocenters. The van der Waals surface area contributed by atoms with E-state index >= 15 is 0 Å². The van der Waals surface area contributed by atoms with Crippen molar-refractivity contribution in [3.05, 3.63) is 11.0 Å². The van der Waals surface area contributed by atoms with Crippen LogP contribution in [0.1, 0.15) is 52.4 Å². The molecule has 0 fully saturated rings. The second-order valence-electron chi connectivity index (χ2n) is 3.93. The minimum atomic E-state index is 0.955. The maximum atomic E-state index is 2.44. The van der Waals surface area contributed by atoms with Crippen LogP contribution in [0.15, 0.2) is 11.0 Å². The predicted molar refractivity (Wildman–Crippen MR) is 63.1 cm³/mol. The highest BCUT2D eigenvalue weighted by Crippen LogP contribution is 2.32. The van der Waals surface area contributed by atoms with Crippen molar-refractivity contribution in [3.8, 4) is 0 Å². The fraction of sp³-hybridized carbons (Fsp3) is 0.833. The van der Waals surface area contributed by atoms with Gasteiger partial charge in [0.05, 0.1) is 0 Å². The predicted octanol–water partition coefficient (Wildman–Crippen LogP) is 4.61. The van der Waals surface area contributed by atoms with Crippen molar-refractivity contribution in [3.63, 3.8) is 0 Å². The van der Waals surface area contributed by atoms with E-state index in [-0.39, 0.29) is 0 Å². The highest BCUT2D eigenvalue weighted by molar-refractivity contribution is 8.03. The third kappa shape index (κ3) is 4.21. The minimum Gasteiger partial charge on any atom is -0.131 e. The summed E-state index contributed by atoms with van der Waals surface area (Å²) < 4.78 is 0. The summed E-state index contributed by atoms with van der Waals surface area (Å²) in [5.74, 6) is 2.29. The minimum absolute atomic E-state index is 0.955. The molecule has 0 spiro atoms. The van der Waals surface area contributed by atoms with Gasteiger partial charge in [0.2, 0.25) is 0 Å². The van der Waals surface area contributed by atoms with E-state index in [0.717, 1.165) is 5.92 Å². The lowest BCUT2D eigenvalue weighted by molar-refractivity contribution is 0.454. The van der Waals surface area contributed by atoms with Gasteiger partial charge in [0.1, 0.15) is 0 Å². The standard InChI is InChI=1S/C12H22S/c1-3-5-7-11(4-2)10-12-8-6-9-13-12/h8,11H,3-7,9-10H2,1-2H3. The van der Waals surface area contributed by atoms with Crippen molar-refractivity contribution >= 4 is 11.8 Å². The summed E-state index contributed by atoms with van der Waals surface area (Å²) >= 11 is 2.08. The van der Waals surface area contributed by atoms with Crippen LogP contribution in [-0.4, -0.2) is 5.75 Å². The Kier molecular flexibility index (Phi) is 5.61. The molecule has 1 aliphatic heterocycles. The van der Waals surface area contributed by atoms with E-state index in [4.69, 9.17) is 0 Å². The summed E-state index contributed by atoms with van der Waals surface area (Å²) in [6.07, 6.45) is 10.7. The van der Waals surface area contributed by atoms with Gasteiger partial charge in [-0.25, -0.2) is 0 Å². The second kappa shape index (κ2) is 6.53. The third-order valence-electron chi connectivity index (χ3n) is 2.81. The van der Waals surface area contributed by atoms with Crippen LogP contribution < -0.4 is 0 Å². The molecule has 0 saturated heterocycles. The van der Waals surface area contributed by atoms with Gasteiger partial charge in [0.15, 0.2) is 0 Å². The molecule has 0 nitrogen and oxygen atoms in total. The van der Waals surface area contributed by atoms with E-state index in [9.17, 15) is 0 Å². The Balaban J connectivity index is 2.21. The van der Waals surface area contributed by atoms with E-state index < -0.39 is 0 Å². The first-order valence-electron chi connectivity index (χ1n) is 5.68. The van der Waals surface area contributed by atoms with Crippen molar-refractivity contribution in [2.24, 2.45) is 5.92 Å². The molecule has 0 amide bonds. The SMILES string of the molecule is CCCCC(CC)CC1=CCCS1. The summed E-state index contributed by atoms with van der Waals surface area (Å²) in [6, 6.07) is 0. The molecule has 13 heavy (non-hydrogen) atoms. The molecular weight excluding hydrogens is 176 g/mol. The Morgan fingerprint density at radius 1 is 1.46 bits per heavy atom. The number of thioether (sulfide) groups is 1. The Hall–Kier alpha value is 0.0900. The van der Waals surface area contributed by atoms with Gasteiger partial charge in [-0.05, 0) is 23.7 Å². The zero-order chi connectivity index (χ0) is 9.52. The van der Waals surface area contributed by atoms with Crippen LogP contribution in [0, 0.1) is 5.92 Å². The van der Waals surface area contributed by atoms with Gasteiger partial charge in [-0.15, -0.1) is 11.8 Å². The summed E-state index contributed by atoms with van der Waals surface area (Å²) in [5, 5.41) is 0.